The van der Waals surface area contributed by atoms with Gasteiger partial charge < -0.3 is 14.5 Å². The van der Waals surface area contributed by atoms with Gasteiger partial charge in [0.2, 0.25) is 0 Å². The molecular weight excluding hydrogens is 510 g/mol. The van der Waals surface area contributed by atoms with Crippen LogP contribution in [0.25, 0.3) is 43.9 Å². The normalized spacial score (nSPS) is 14.4. The SMILES string of the molecule is CCCn1c2cccnc2c2c3c(ccc21)C(=O)CC3.CCCn1c2cccnc2c2c3c(ccc21)C(=O)NCC3. The number of carbonyl (C=O) groups is 2. The lowest BCUT2D eigenvalue weighted by Crippen LogP contribution is -2.31. The Bertz CT molecular complexity index is 2000. The molecule has 0 unspecified atom stereocenters. The van der Waals surface area contributed by atoms with Crippen molar-refractivity contribution in [2.24, 2.45) is 0 Å². The molecule has 0 radical (unpaired) electrons. The highest BCUT2D eigenvalue weighted by Gasteiger charge is 2.25. The summed E-state index contributed by atoms with van der Waals surface area (Å²) in [6, 6.07) is 16.3. The summed E-state index contributed by atoms with van der Waals surface area (Å²) in [5.74, 6) is 0.305. The zero-order valence-corrected chi connectivity index (χ0v) is 23.5. The second-order valence-electron chi connectivity index (χ2n) is 10.9. The molecule has 1 amide bonds. The first-order chi connectivity index (χ1) is 20.1. The number of Topliss-reactive ketones (excluding diaryl/α,β-unsaturated/α-hetero) is 1. The fourth-order valence-corrected chi connectivity index (χ4v) is 6.82. The van der Waals surface area contributed by atoms with Crippen LogP contribution >= 0.6 is 0 Å². The van der Waals surface area contributed by atoms with Crippen LogP contribution in [-0.4, -0.2) is 37.3 Å². The molecule has 4 aromatic heterocycles. The highest BCUT2D eigenvalue weighted by Crippen LogP contribution is 2.36. The van der Waals surface area contributed by atoms with E-state index in [4.69, 9.17) is 0 Å². The first-order valence-corrected chi connectivity index (χ1v) is 14.7. The van der Waals surface area contributed by atoms with Gasteiger partial charge in [-0.1, -0.05) is 13.8 Å². The molecule has 8 rings (SSSR count). The lowest BCUT2D eigenvalue weighted by Gasteiger charge is -2.17. The molecule has 0 bridgehead atoms. The molecule has 0 spiro atoms. The van der Waals surface area contributed by atoms with Crippen molar-refractivity contribution < 1.29 is 9.59 Å². The monoisotopic (exact) mass is 543 g/mol. The lowest BCUT2D eigenvalue weighted by molar-refractivity contribution is 0.0945. The number of amides is 1. The van der Waals surface area contributed by atoms with Gasteiger partial charge in [0.25, 0.3) is 5.91 Å². The van der Waals surface area contributed by atoms with Crippen LogP contribution in [0.2, 0.25) is 0 Å². The summed E-state index contributed by atoms with van der Waals surface area (Å²) in [7, 11) is 0. The van der Waals surface area contributed by atoms with Crippen LogP contribution in [0.4, 0.5) is 0 Å². The molecule has 0 saturated carbocycles. The number of hydrogen-bond acceptors (Lipinski definition) is 4. The second-order valence-corrected chi connectivity index (χ2v) is 10.9. The Kier molecular flexibility index (Phi) is 6.30. The Morgan fingerprint density at radius 3 is 1.83 bits per heavy atom. The third kappa shape index (κ3) is 3.94. The molecule has 7 heteroatoms. The van der Waals surface area contributed by atoms with Gasteiger partial charge >= 0.3 is 0 Å². The van der Waals surface area contributed by atoms with E-state index in [9.17, 15) is 9.59 Å². The highest BCUT2D eigenvalue weighted by atomic mass is 16.1. The van der Waals surface area contributed by atoms with Gasteiger partial charge in [0, 0.05) is 60.3 Å². The summed E-state index contributed by atoms with van der Waals surface area (Å²) in [4.78, 5) is 33.2. The van der Waals surface area contributed by atoms with Crippen molar-refractivity contribution >= 4 is 55.6 Å². The minimum Gasteiger partial charge on any atom is -0.352 e. The van der Waals surface area contributed by atoms with E-state index in [-0.39, 0.29) is 11.7 Å². The number of nitrogens with one attached hydrogen (secondary N) is 1. The van der Waals surface area contributed by atoms with Gasteiger partial charge in [-0.2, -0.15) is 0 Å². The van der Waals surface area contributed by atoms with E-state index in [1.807, 2.05) is 36.7 Å². The average molecular weight is 544 g/mol. The average Bonchev–Trinajstić information content (AvgIpc) is 3.64. The van der Waals surface area contributed by atoms with Crippen molar-refractivity contribution in [1.29, 1.82) is 0 Å². The van der Waals surface area contributed by atoms with Crippen molar-refractivity contribution in [2.45, 2.75) is 59.0 Å². The van der Waals surface area contributed by atoms with Crippen LogP contribution in [0.15, 0.2) is 60.9 Å². The summed E-state index contributed by atoms with van der Waals surface area (Å²) in [6.07, 6.45) is 8.21. The van der Waals surface area contributed by atoms with Gasteiger partial charge in [0.1, 0.15) is 0 Å². The molecule has 1 aliphatic heterocycles. The first kappa shape index (κ1) is 25.4. The molecule has 1 aliphatic carbocycles. The van der Waals surface area contributed by atoms with Gasteiger partial charge in [0.05, 0.1) is 33.1 Å². The molecule has 0 fully saturated rings. The Morgan fingerprint density at radius 2 is 1.24 bits per heavy atom. The summed E-state index contributed by atoms with van der Waals surface area (Å²) in [5, 5.41) is 5.27. The minimum absolute atomic E-state index is 0.0328. The zero-order chi connectivity index (χ0) is 28.1. The van der Waals surface area contributed by atoms with Crippen LogP contribution in [0.1, 0.15) is 65.0 Å². The van der Waals surface area contributed by atoms with E-state index >= 15 is 0 Å². The van der Waals surface area contributed by atoms with Gasteiger partial charge in [-0.15, -0.1) is 0 Å². The molecule has 206 valence electrons. The van der Waals surface area contributed by atoms with E-state index in [1.54, 1.807) is 0 Å². The molecule has 0 atom stereocenters. The Balaban J connectivity index is 0.000000135. The summed E-state index contributed by atoms with van der Waals surface area (Å²) in [6.45, 7) is 7.03. The van der Waals surface area contributed by atoms with Crippen LogP contribution in [0.5, 0.6) is 0 Å². The molecule has 7 nitrogen and oxygen atoms in total. The first-order valence-electron chi connectivity index (χ1n) is 14.7. The molecular formula is C34H33N5O2. The number of ketones is 1. The van der Waals surface area contributed by atoms with Crippen LogP contribution in [-0.2, 0) is 25.9 Å². The third-order valence-electron chi connectivity index (χ3n) is 8.49. The molecule has 6 aromatic rings. The predicted molar refractivity (Wildman–Crippen MR) is 164 cm³/mol. The largest absolute Gasteiger partial charge is 0.352 e. The number of nitrogens with zero attached hydrogens (tertiary/aromatic N) is 4. The molecule has 2 aliphatic rings. The summed E-state index contributed by atoms with van der Waals surface area (Å²) in [5.41, 5.74) is 10.9. The number of fused-ring (bicyclic) bond motifs is 10. The number of aryl methyl sites for hydroxylation is 3. The minimum atomic E-state index is 0.0328. The fourth-order valence-electron chi connectivity index (χ4n) is 6.82. The van der Waals surface area contributed by atoms with Crippen LogP contribution < -0.4 is 5.32 Å². The van der Waals surface area contributed by atoms with E-state index in [0.717, 1.165) is 77.4 Å². The highest BCUT2D eigenvalue weighted by molar-refractivity contribution is 6.14. The smallest absolute Gasteiger partial charge is 0.251 e. The van der Waals surface area contributed by atoms with Crippen molar-refractivity contribution in [3.63, 3.8) is 0 Å². The predicted octanol–water partition coefficient (Wildman–Crippen LogP) is 6.61. The maximum atomic E-state index is 12.1. The Morgan fingerprint density at radius 1 is 0.683 bits per heavy atom. The zero-order valence-electron chi connectivity index (χ0n) is 23.5. The van der Waals surface area contributed by atoms with Crippen molar-refractivity contribution in [1.82, 2.24) is 24.4 Å². The topological polar surface area (TPSA) is 81.8 Å². The van der Waals surface area contributed by atoms with Gasteiger partial charge in [-0.25, -0.2) is 0 Å². The molecule has 2 aromatic carbocycles. The summed E-state index contributed by atoms with van der Waals surface area (Å²) >= 11 is 0. The third-order valence-corrected chi connectivity index (χ3v) is 8.49. The fraction of sp³-hybridized carbons (Fsp3) is 0.294. The molecule has 1 N–H and O–H groups in total. The van der Waals surface area contributed by atoms with E-state index in [1.165, 1.54) is 27.5 Å². The number of hydrogen-bond donors (Lipinski definition) is 1. The van der Waals surface area contributed by atoms with Crippen molar-refractivity contribution in [3.05, 3.63) is 83.2 Å². The number of pyridine rings is 2. The standard InChI is InChI=1S/C17H17N3O.C17H16N2O/c1-2-10-20-13-6-5-12-11(7-9-19-17(12)21)15(13)16-14(20)4-3-8-18-16;1-2-10-19-13-7-5-11-12(6-8-15(11)20)16(13)17-14(19)4-3-9-18-17/h3-6,8H,2,7,9-10H2,1H3,(H,19,21);3-5,7,9H,2,6,8,10H2,1H3. The number of benzene rings is 2. The van der Waals surface area contributed by atoms with Gasteiger partial charge in [0.15, 0.2) is 5.78 Å². The second kappa shape index (κ2) is 10.1. The van der Waals surface area contributed by atoms with E-state index in [0.29, 0.717) is 13.0 Å². The van der Waals surface area contributed by atoms with Crippen molar-refractivity contribution in [3.8, 4) is 0 Å². The number of carbonyl (C=O) groups excluding carboxylic acids is 2. The lowest BCUT2D eigenvalue weighted by atomic mass is 9.96. The van der Waals surface area contributed by atoms with Crippen LogP contribution in [0.3, 0.4) is 0 Å². The molecule has 41 heavy (non-hydrogen) atoms. The Hall–Kier alpha value is -4.52. The molecule has 5 heterocycles. The van der Waals surface area contributed by atoms with Gasteiger partial charge in [-0.05, 0) is 85.3 Å². The van der Waals surface area contributed by atoms with Crippen molar-refractivity contribution in [2.75, 3.05) is 6.54 Å². The number of rotatable bonds is 4. The molecule has 0 saturated heterocycles. The maximum Gasteiger partial charge on any atom is 0.251 e. The van der Waals surface area contributed by atoms with E-state index in [2.05, 4.69) is 62.5 Å². The number of aromatic nitrogens is 4. The van der Waals surface area contributed by atoms with Gasteiger partial charge in [-0.3, -0.25) is 19.6 Å². The maximum absolute atomic E-state index is 12.1. The quantitative estimate of drug-likeness (QED) is 0.271. The van der Waals surface area contributed by atoms with E-state index < -0.39 is 0 Å². The Labute approximate surface area is 238 Å². The van der Waals surface area contributed by atoms with Crippen LogP contribution in [0, 0.1) is 0 Å². The summed E-state index contributed by atoms with van der Waals surface area (Å²) < 4.78 is 4.66.